The average Bonchev–Trinajstić information content (AvgIpc) is 3.31. The van der Waals surface area contributed by atoms with Crippen LogP contribution in [0.3, 0.4) is 0 Å². The molecule has 1 aromatic heterocycles. The van der Waals surface area contributed by atoms with E-state index in [2.05, 4.69) is 5.32 Å². The number of carbonyl (C=O) groups is 1. The lowest BCUT2D eigenvalue weighted by Gasteiger charge is -2.46. The first-order chi connectivity index (χ1) is 15.4. The fourth-order valence-electron chi connectivity index (χ4n) is 4.23. The molecule has 3 aromatic rings. The zero-order valence-electron chi connectivity index (χ0n) is 18.0. The van der Waals surface area contributed by atoms with E-state index in [4.69, 9.17) is 4.74 Å². The van der Waals surface area contributed by atoms with E-state index in [0.717, 1.165) is 16.0 Å². The summed E-state index contributed by atoms with van der Waals surface area (Å²) in [4.78, 5) is 15.0. The summed E-state index contributed by atoms with van der Waals surface area (Å²) >= 11 is 1.44. The van der Waals surface area contributed by atoms with Crippen LogP contribution in [0.15, 0.2) is 60.7 Å². The molecular weight excluding hydrogens is 426 g/mol. The molecule has 0 amide bonds. The summed E-state index contributed by atoms with van der Waals surface area (Å²) in [6, 6.07) is 18.4. The highest BCUT2D eigenvalue weighted by molar-refractivity contribution is 7.17. The second-order valence-corrected chi connectivity index (χ2v) is 9.16. The van der Waals surface area contributed by atoms with Gasteiger partial charge in [0, 0.05) is 29.5 Å². The normalized spacial score (nSPS) is 25.6. The lowest BCUT2D eigenvalue weighted by Crippen LogP contribution is -2.65. The summed E-state index contributed by atoms with van der Waals surface area (Å²) in [7, 11) is 1.45. The van der Waals surface area contributed by atoms with Crippen LogP contribution < -0.4 is 5.32 Å². The number of aliphatic hydroxyl groups is 3. The molecule has 0 aliphatic carbocycles. The third-order valence-electron chi connectivity index (χ3n) is 6.12. The highest BCUT2D eigenvalue weighted by atomic mass is 32.1. The van der Waals surface area contributed by atoms with E-state index >= 15 is 0 Å². The Kier molecular flexibility index (Phi) is 6.57. The van der Waals surface area contributed by atoms with Crippen molar-refractivity contribution in [2.24, 2.45) is 0 Å². The number of benzene rings is 2. The van der Waals surface area contributed by atoms with Gasteiger partial charge < -0.3 is 20.1 Å². The lowest BCUT2D eigenvalue weighted by atomic mass is 9.84. The summed E-state index contributed by atoms with van der Waals surface area (Å²) in [5, 5.41) is 33.6. The first-order valence-electron chi connectivity index (χ1n) is 10.5. The number of ketones is 1. The van der Waals surface area contributed by atoms with Crippen molar-refractivity contribution in [3.8, 4) is 10.4 Å². The number of aryl methyl sites for hydroxylation is 1. The Labute approximate surface area is 191 Å². The largest absolute Gasteiger partial charge is 0.395 e. The smallest absolute Gasteiger partial charge is 0.203 e. The van der Waals surface area contributed by atoms with Crippen molar-refractivity contribution >= 4 is 17.1 Å². The van der Waals surface area contributed by atoms with Gasteiger partial charge in [-0.3, -0.25) is 10.1 Å². The Morgan fingerprint density at radius 1 is 1.16 bits per heavy atom. The van der Waals surface area contributed by atoms with Gasteiger partial charge in [0.25, 0.3) is 0 Å². The van der Waals surface area contributed by atoms with Gasteiger partial charge in [0.2, 0.25) is 5.78 Å². The van der Waals surface area contributed by atoms with Crippen LogP contribution >= 0.6 is 11.3 Å². The molecule has 4 N–H and O–H groups in total. The number of hydrogen-bond donors (Lipinski definition) is 4. The molecule has 0 saturated carbocycles. The molecule has 2 aromatic carbocycles. The van der Waals surface area contributed by atoms with Crippen LogP contribution in [0.4, 0.5) is 0 Å². The van der Waals surface area contributed by atoms with Crippen LogP contribution in [0.5, 0.6) is 0 Å². The van der Waals surface area contributed by atoms with Crippen molar-refractivity contribution in [1.29, 1.82) is 0 Å². The lowest BCUT2D eigenvalue weighted by molar-refractivity contribution is -0.182. The molecule has 0 radical (unpaired) electrons. The molecule has 1 saturated heterocycles. The molecule has 3 unspecified atom stereocenters. The van der Waals surface area contributed by atoms with Crippen LogP contribution in [0.25, 0.3) is 10.4 Å². The van der Waals surface area contributed by atoms with Gasteiger partial charge in [-0.05, 0) is 36.2 Å². The third kappa shape index (κ3) is 4.03. The molecular formula is C25H27NO5S. The maximum Gasteiger partial charge on any atom is 0.203 e. The second kappa shape index (κ2) is 9.23. The van der Waals surface area contributed by atoms with E-state index in [1.807, 2.05) is 55.5 Å². The van der Waals surface area contributed by atoms with Gasteiger partial charge in [-0.1, -0.05) is 42.5 Å². The monoisotopic (exact) mass is 453 g/mol. The summed E-state index contributed by atoms with van der Waals surface area (Å²) in [5.74, 6) is -0.105. The minimum atomic E-state index is -1.35. The van der Waals surface area contributed by atoms with Gasteiger partial charge in [0.05, 0.1) is 23.6 Å². The van der Waals surface area contributed by atoms with Crippen molar-refractivity contribution in [3.05, 3.63) is 82.2 Å². The minimum Gasteiger partial charge on any atom is -0.395 e. The number of aliphatic hydroxyl groups excluding tert-OH is 3. The molecule has 0 bridgehead atoms. The van der Waals surface area contributed by atoms with E-state index < -0.39 is 24.0 Å². The molecule has 2 heterocycles. The summed E-state index contributed by atoms with van der Waals surface area (Å²) < 4.78 is 5.71. The standard InChI is InChI=1S/C25H27NO5S/c1-15-8-9-17(25(31-2)23(29)13-20(28)19(14-27)26-25)12-18(15)24(30)22-11-10-21(32-22)16-6-4-3-5-7-16/h3-12,19-20,23,26-29H,13-14H2,1-2H3/t19-,20?,23?,25?/m0/s1. The molecule has 32 heavy (non-hydrogen) atoms. The quantitative estimate of drug-likeness (QED) is 0.429. The molecule has 4 atom stereocenters. The fourth-order valence-corrected chi connectivity index (χ4v) is 5.20. The maximum absolute atomic E-state index is 13.4. The zero-order chi connectivity index (χ0) is 22.9. The highest BCUT2D eigenvalue weighted by Crippen LogP contribution is 2.36. The van der Waals surface area contributed by atoms with Gasteiger partial charge in [0.15, 0.2) is 5.72 Å². The molecule has 0 spiro atoms. The Morgan fingerprint density at radius 2 is 1.91 bits per heavy atom. The highest BCUT2D eigenvalue weighted by Gasteiger charge is 2.48. The minimum absolute atomic E-state index is 0.0363. The Bertz CT molecular complexity index is 1100. The van der Waals surface area contributed by atoms with Crippen LogP contribution in [-0.4, -0.2) is 53.1 Å². The average molecular weight is 454 g/mol. The van der Waals surface area contributed by atoms with E-state index in [9.17, 15) is 20.1 Å². The van der Waals surface area contributed by atoms with E-state index in [0.29, 0.717) is 16.0 Å². The van der Waals surface area contributed by atoms with E-state index in [-0.39, 0.29) is 18.8 Å². The number of rotatable bonds is 6. The Hall–Kier alpha value is -2.39. The molecule has 7 heteroatoms. The predicted octanol–water partition coefficient (Wildman–Crippen LogP) is 2.83. The molecule has 4 rings (SSSR count). The zero-order valence-corrected chi connectivity index (χ0v) is 18.8. The molecule has 1 aliphatic rings. The number of nitrogens with one attached hydrogen (secondary N) is 1. The maximum atomic E-state index is 13.4. The summed E-state index contributed by atoms with van der Waals surface area (Å²) in [5.41, 5.74) is 1.60. The van der Waals surface area contributed by atoms with Gasteiger partial charge >= 0.3 is 0 Å². The Morgan fingerprint density at radius 3 is 2.59 bits per heavy atom. The van der Waals surface area contributed by atoms with Gasteiger partial charge in [-0.2, -0.15) is 0 Å². The van der Waals surface area contributed by atoms with Crippen molar-refractivity contribution < 1.29 is 24.9 Å². The Balaban J connectivity index is 1.70. The summed E-state index contributed by atoms with van der Waals surface area (Å²) in [6.45, 7) is 1.56. The first-order valence-corrected chi connectivity index (χ1v) is 11.3. The number of hydrogen-bond acceptors (Lipinski definition) is 7. The van der Waals surface area contributed by atoms with Crippen LogP contribution in [0.2, 0.25) is 0 Å². The number of carbonyl (C=O) groups excluding carboxylic acids is 1. The molecule has 6 nitrogen and oxygen atoms in total. The van der Waals surface area contributed by atoms with Gasteiger partial charge in [-0.25, -0.2) is 0 Å². The van der Waals surface area contributed by atoms with Crippen molar-refractivity contribution in [1.82, 2.24) is 5.32 Å². The molecule has 168 valence electrons. The van der Waals surface area contributed by atoms with Gasteiger partial charge in [0.1, 0.15) is 6.10 Å². The SMILES string of the molecule is COC1(c2ccc(C)c(C(=O)c3ccc(-c4ccccc4)s3)c2)N[C@@H](CO)C(O)CC1O. The fraction of sp³-hybridized carbons (Fsp3) is 0.320. The number of piperidine rings is 1. The topological polar surface area (TPSA) is 99.0 Å². The van der Waals surface area contributed by atoms with Crippen LogP contribution in [0, 0.1) is 6.92 Å². The van der Waals surface area contributed by atoms with E-state index in [1.165, 1.54) is 18.4 Å². The molecule has 1 fully saturated rings. The summed E-state index contributed by atoms with van der Waals surface area (Å²) in [6.07, 6.45) is -1.94. The number of ether oxygens (including phenoxy) is 1. The van der Waals surface area contributed by atoms with Crippen LogP contribution in [-0.2, 0) is 10.5 Å². The van der Waals surface area contributed by atoms with Crippen molar-refractivity contribution in [3.63, 3.8) is 0 Å². The van der Waals surface area contributed by atoms with Gasteiger partial charge in [-0.15, -0.1) is 11.3 Å². The number of thiophene rings is 1. The second-order valence-electron chi connectivity index (χ2n) is 8.08. The first kappa shape index (κ1) is 22.8. The van der Waals surface area contributed by atoms with Crippen molar-refractivity contribution in [2.75, 3.05) is 13.7 Å². The van der Waals surface area contributed by atoms with E-state index in [1.54, 1.807) is 12.1 Å². The third-order valence-corrected chi connectivity index (χ3v) is 7.25. The van der Waals surface area contributed by atoms with Crippen molar-refractivity contribution in [2.45, 2.75) is 37.3 Å². The van der Waals surface area contributed by atoms with Crippen LogP contribution in [0.1, 0.15) is 32.8 Å². The predicted molar refractivity (Wildman–Crippen MR) is 124 cm³/mol. The number of methoxy groups -OCH3 is 1. The molecule has 1 aliphatic heterocycles.